The minimum atomic E-state index is -1.06. The third kappa shape index (κ3) is 2.31. The average molecular weight is 261 g/mol. The van der Waals surface area contributed by atoms with Crippen LogP contribution in [-0.2, 0) is 9.53 Å². The molecule has 19 heavy (non-hydrogen) atoms. The van der Waals surface area contributed by atoms with Gasteiger partial charge in [-0.1, -0.05) is 18.2 Å². The van der Waals surface area contributed by atoms with Crippen LogP contribution in [0.2, 0.25) is 0 Å². The molecule has 0 aliphatic carbocycles. The Morgan fingerprint density at radius 1 is 1.37 bits per heavy atom. The van der Waals surface area contributed by atoms with E-state index in [1.54, 1.807) is 26.0 Å². The van der Waals surface area contributed by atoms with Crippen molar-refractivity contribution >= 4 is 22.8 Å². The number of carboxylic acid groups (broad SMARTS) is 1. The topological polar surface area (TPSA) is 68.5 Å². The quantitative estimate of drug-likeness (QED) is 0.858. The van der Waals surface area contributed by atoms with E-state index in [0.717, 1.165) is 5.39 Å². The molecule has 0 fully saturated rings. The van der Waals surface area contributed by atoms with Gasteiger partial charge in [-0.05, 0) is 26.0 Å². The summed E-state index contributed by atoms with van der Waals surface area (Å²) in [6.45, 7) is 3.62. The Labute approximate surface area is 110 Å². The van der Waals surface area contributed by atoms with Crippen molar-refractivity contribution in [2.45, 2.75) is 19.9 Å². The Kier molecular flexibility index (Phi) is 3.55. The molecule has 1 unspecified atom stereocenters. The molecule has 0 aliphatic heterocycles. The van der Waals surface area contributed by atoms with Crippen LogP contribution in [0.4, 0.5) is 0 Å². The summed E-state index contributed by atoms with van der Waals surface area (Å²) in [7, 11) is 0. The monoisotopic (exact) mass is 261 g/mol. The molecular weight excluding hydrogens is 246 g/mol. The second kappa shape index (κ2) is 5.14. The van der Waals surface area contributed by atoms with Gasteiger partial charge in [0, 0.05) is 10.9 Å². The number of ether oxygens (including phenoxy) is 1. The number of aromatic carboxylic acids is 1. The number of carbonyl (C=O) groups is 2. The fourth-order valence-electron chi connectivity index (χ4n) is 2.13. The molecule has 5 nitrogen and oxygen atoms in total. The van der Waals surface area contributed by atoms with Crippen molar-refractivity contribution in [3.63, 3.8) is 0 Å². The maximum absolute atomic E-state index is 11.8. The number of hydrogen-bond acceptors (Lipinski definition) is 3. The summed E-state index contributed by atoms with van der Waals surface area (Å²) in [4.78, 5) is 23.1. The first-order valence-electron chi connectivity index (χ1n) is 6.06. The fourth-order valence-corrected chi connectivity index (χ4v) is 2.13. The molecule has 0 aliphatic rings. The zero-order chi connectivity index (χ0) is 14.0. The van der Waals surface area contributed by atoms with Crippen LogP contribution in [0.1, 0.15) is 30.4 Å². The van der Waals surface area contributed by atoms with Gasteiger partial charge in [0.25, 0.3) is 0 Å². The lowest BCUT2D eigenvalue weighted by molar-refractivity contribution is -0.146. The predicted molar refractivity (Wildman–Crippen MR) is 70.2 cm³/mol. The van der Waals surface area contributed by atoms with E-state index < -0.39 is 18.0 Å². The minimum absolute atomic E-state index is 0.0850. The number of aromatic nitrogens is 1. The summed E-state index contributed by atoms with van der Waals surface area (Å²) in [5.74, 6) is -1.50. The molecule has 2 rings (SSSR count). The van der Waals surface area contributed by atoms with E-state index >= 15 is 0 Å². The lowest BCUT2D eigenvalue weighted by Gasteiger charge is -2.15. The maximum atomic E-state index is 11.8. The van der Waals surface area contributed by atoms with Gasteiger partial charge in [-0.25, -0.2) is 9.59 Å². The number of nitrogens with zero attached hydrogens (tertiary/aromatic N) is 1. The number of rotatable bonds is 4. The molecule has 2 aromatic rings. The van der Waals surface area contributed by atoms with Crippen molar-refractivity contribution < 1.29 is 19.4 Å². The molecule has 0 bridgehead atoms. The number of fused-ring (bicyclic) bond motifs is 1. The van der Waals surface area contributed by atoms with E-state index in [4.69, 9.17) is 4.74 Å². The smallest absolute Gasteiger partial charge is 0.352 e. The summed E-state index contributed by atoms with van der Waals surface area (Å²) in [5.41, 5.74) is 0.794. The van der Waals surface area contributed by atoms with Gasteiger partial charge in [0.15, 0.2) is 0 Å². The molecule has 100 valence electrons. The van der Waals surface area contributed by atoms with E-state index in [2.05, 4.69) is 0 Å². The highest BCUT2D eigenvalue weighted by molar-refractivity contribution is 5.96. The minimum Gasteiger partial charge on any atom is -0.477 e. The zero-order valence-corrected chi connectivity index (χ0v) is 10.8. The summed E-state index contributed by atoms with van der Waals surface area (Å²) in [6.07, 6.45) is 0. The Morgan fingerprint density at radius 2 is 2.05 bits per heavy atom. The SMILES string of the molecule is CCOC(=O)C(C)n1c(C(=O)O)cc2ccccc21. The summed E-state index contributed by atoms with van der Waals surface area (Å²) < 4.78 is 6.45. The Hall–Kier alpha value is -2.30. The van der Waals surface area contributed by atoms with Crippen molar-refractivity contribution in [2.24, 2.45) is 0 Å². The Balaban J connectivity index is 2.59. The van der Waals surface area contributed by atoms with Gasteiger partial charge in [0.2, 0.25) is 0 Å². The van der Waals surface area contributed by atoms with Gasteiger partial charge in [-0.2, -0.15) is 0 Å². The second-order valence-electron chi connectivity index (χ2n) is 4.19. The highest BCUT2D eigenvalue weighted by Crippen LogP contribution is 2.25. The van der Waals surface area contributed by atoms with Gasteiger partial charge < -0.3 is 14.4 Å². The first kappa shape index (κ1) is 13.1. The lowest BCUT2D eigenvalue weighted by Crippen LogP contribution is -2.22. The van der Waals surface area contributed by atoms with Gasteiger partial charge in [0.05, 0.1) is 6.61 Å². The van der Waals surface area contributed by atoms with Crippen molar-refractivity contribution in [1.29, 1.82) is 0 Å². The molecule has 0 radical (unpaired) electrons. The van der Waals surface area contributed by atoms with E-state index in [9.17, 15) is 14.7 Å². The molecule has 1 atom stereocenters. The lowest BCUT2D eigenvalue weighted by atomic mass is 10.2. The van der Waals surface area contributed by atoms with Crippen molar-refractivity contribution in [3.05, 3.63) is 36.0 Å². The maximum Gasteiger partial charge on any atom is 0.352 e. The molecular formula is C14H15NO4. The highest BCUT2D eigenvalue weighted by Gasteiger charge is 2.24. The summed E-state index contributed by atoms with van der Waals surface area (Å²) in [5, 5.41) is 10.0. The number of carboxylic acids is 1. The first-order chi connectivity index (χ1) is 9.06. The Bertz CT molecular complexity index is 629. The molecule has 1 aromatic carbocycles. The molecule has 1 aromatic heterocycles. The van der Waals surface area contributed by atoms with Crippen LogP contribution < -0.4 is 0 Å². The second-order valence-corrected chi connectivity index (χ2v) is 4.19. The molecule has 1 N–H and O–H groups in total. The zero-order valence-electron chi connectivity index (χ0n) is 10.8. The molecule has 0 saturated heterocycles. The van der Waals surface area contributed by atoms with E-state index in [0.29, 0.717) is 5.52 Å². The van der Waals surface area contributed by atoms with Crippen molar-refractivity contribution in [1.82, 2.24) is 4.57 Å². The molecule has 5 heteroatoms. The number of hydrogen-bond donors (Lipinski definition) is 1. The predicted octanol–water partition coefficient (Wildman–Crippen LogP) is 2.46. The van der Waals surface area contributed by atoms with Crippen LogP contribution in [0.3, 0.4) is 0 Å². The van der Waals surface area contributed by atoms with Gasteiger partial charge >= 0.3 is 11.9 Å². The van der Waals surface area contributed by atoms with E-state index in [1.807, 2.05) is 18.2 Å². The van der Waals surface area contributed by atoms with Crippen LogP contribution in [0.5, 0.6) is 0 Å². The Morgan fingerprint density at radius 3 is 2.68 bits per heavy atom. The van der Waals surface area contributed by atoms with Crippen LogP contribution in [0.15, 0.2) is 30.3 Å². The average Bonchev–Trinajstić information content (AvgIpc) is 2.77. The number of benzene rings is 1. The number of esters is 1. The van der Waals surface area contributed by atoms with Gasteiger partial charge in [-0.3, -0.25) is 0 Å². The van der Waals surface area contributed by atoms with E-state index in [1.165, 1.54) is 4.57 Å². The van der Waals surface area contributed by atoms with Gasteiger partial charge in [-0.15, -0.1) is 0 Å². The molecule has 0 saturated carbocycles. The van der Waals surface area contributed by atoms with Crippen molar-refractivity contribution in [3.8, 4) is 0 Å². The van der Waals surface area contributed by atoms with Crippen LogP contribution in [0.25, 0.3) is 10.9 Å². The fraction of sp³-hybridized carbons (Fsp3) is 0.286. The summed E-state index contributed by atoms with van der Waals surface area (Å²) >= 11 is 0. The van der Waals surface area contributed by atoms with Crippen LogP contribution in [-0.4, -0.2) is 28.2 Å². The third-order valence-corrected chi connectivity index (χ3v) is 2.98. The number of carbonyl (C=O) groups excluding carboxylic acids is 1. The summed E-state index contributed by atoms with van der Waals surface area (Å²) in [6, 6.07) is 8.13. The normalized spacial score (nSPS) is 12.3. The highest BCUT2D eigenvalue weighted by atomic mass is 16.5. The van der Waals surface area contributed by atoms with Crippen LogP contribution >= 0.6 is 0 Å². The standard InChI is InChI=1S/C14H15NO4/c1-3-19-14(18)9(2)15-11-7-5-4-6-10(11)8-12(15)13(16)17/h4-9H,3H2,1-2H3,(H,16,17). The molecule has 0 amide bonds. The van der Waals surface area contributed by atoms with Crippen molar-refractivity contribution in [2.75, 3.05) is 6.61 Å². The molecule has 0 spiro atoms. The molecule has 1 heterocycles. The van der Waals surface area contributed by atoms with Crippen LogP contribution in [0, 0.1) is 0 Å². The largest absolute Gasteiger partial charge is 0.477 e. The third-order valence-electron chi connectivity index (χ3n) is 2.98. The van der Waals surface area contributed by atoms with Gasteiger partial charge in [0.1, 0.15) is 11.7 Å². The first-order valence-corrected chi connectivity index (χ1v) is 6.06. The van der Waals surface area contributed by atoms with E-state index in [-0.39, 0.29) is 12.3 Å². The number of para-hydroxylation sites is 1.